The highest BCUT2D eigenvalue weighted by atomic mass is 15.2. The SMILES string of the molecule is CCNC(=NCc1ccc(CN2CCCCC2C)cc1)NC(C)C. The van der Waals surface area contributed by atoms with Crippen molar-refractivity contribution in [3.8, 4) is 0 Å². The number of aliphatic imine (C=N–C) groups is 1. The number of nitrogens with zero attached hydrogens (tertiary/aromatic N) is 2. The van der Waals surface area contributed by atoms with Crippen LogP contribution in [-0.4, -0.2) is 36.0 Å². The van der Waals surface area contributed by atoms with Gasteiger partial charge in [-0.3, -0.25) is 4.90 Å². The van der Waals surface area contributed by atoms with Crippen LogP contribution < -0.4 is 10.6 Å². The van der Waals surface area contributed by atoms with Gasteiger partial charge in [0.2, 0.25) is 0 Å². The molecule has 1 aliphatic rings. The molecule has 1 aromatic carbocycles. The van der Waals surface area contributed by atoms with Gasteiger partial charge in [0.25, 0.3) is 0 Å². The standard InChI is InChI=1S/C20H34N4/c1-5-21-20(23-16(2)3)22-14-18-9-11-19(12-10-18)15-24-13-7-6-8-17(24)4/h9-12,16-17H,5-8,13-15H2,1-4H3,(H2,21,22,23). The molecule has 1 heterocycles. The van der Waals surface area contributed by atoms with E-state index < -0.39 is 0 Å². The van der Waals surface area contributed by atoms with Gasteiger partial charge in [0, 0.05) is 25.2 Å². The Balaban J connectivity index is 1.91. The minimum Gasteiger partial charge on any atom is -0.357 e. The van der Waals surface area contributed by atoms with E-state index in [0.717, 1.165) is 19.0 Å². The molecule has 4 nitrogen and oxygen atoms in total. The molecular weight excluding hydrogens is 296 g/mol. The molecule has 1 aromatic rings. The number of benzene rings is 1. The normalized spacial score (nSPS) is 19.5. The summed E-state index contributed by atoms with van der Waals surface area (Å²) < 4.78 is 0. The Morgan fingerprint density at radius 3 is 2.54 bits per heavy atom. The van der Waals surface area contributed by atoms with Crippen molar-refractivity contribution in [3.05, 3.63) is 35.4 Å². The van der Waals surface area contributed by atoms with Gasteiger partial charge in [-0.25, -0.2) is 4.99 Å². The average molecular weight is 331 g/mol. The van der Waals surface area contributed by atoms with Crippen LogP contribution in [0, 0.1) is 0 Å². The second-order valence-corrected chi connectivity index (χ2v) is 7.13. The van der Waals surface area contributed by atoms with Crippen LogP contribution >= 0.6 is 0 Å². The number of likely N-dealkylation sites (tertiary alicyclic amines) is 1. The first-order chi connectivity index (χ1) is 11.6. The van der Waals surface area contributed by atoms with Crippen molar-refractivity contribution < 1.29 is 0 Å². The summed E-state index contributed by atoms with van der Waals surface area (Å²) in [6.45, 7) is 12.6. The third-order valence-corrected chi connectivity index (χ3v) is 4.54. The van der Waals surface area contributed by atoms with Crippen molar-refractivity contribution in [2.24, 2.45) is 4.99 Å². The Hall–Kier alpha value is -1.55. The second-order valence-electron chi connectivity index (χ2n) is 7.13. The maximum Gasteiger partial charge on any atom is 0.191 e. The zero-order valence-electron chi connectivity index (χ0n) is 15.8. The number of rotatable bonds is 6. The van der Waals surface area contributed by atoms with E-state index >= 15 is 0 Å². The fraction of sp³-hybridized carbons (Fsp3) is 0.650. The van der Waals surface area contributed by atoms with Crippen LogP contribution in [-0.2, 0) is 13.1 Å². The minimum atomic E-state index is 0.386. The van der Waals surface area contributed by atoms with E-state index in [1.54, 1.807) is 0 Å². The fourth-order valence-electron chi connectivity index (χ4n) is 3.14. The molecule has 0 aliphatic carbocycles. The molecule has 2 rings (SSSR count). The predicted molar refractivity (Wildman–Crippen MR) is 103 cm³/mol. The van der Waals surface area contributed by atoms with Gasteiger partial charge in [0.1, 0.15) is 0 Å². The predicted octanol–water partition coefficient (Wildman–Crippen LogP) is 3.52. The molecule has 0 amide bonds. The van der Waals surface area contributed by atoms with Gasteiger partial charge < -0.3 is 10.6 Å². The van der Waals surface area contributed by atoms with Crippen molar-refractivity contribution in [1.29, 1.82) is 0 Å². The first-order valence-electron chi connectivity index (χ1n) is 9.45. The van der Waals surface area contributed by atoms with E-state index in [-0.39, 0.29) is 0 Å². The molecule has 1 unspecified atom stereocenters. The van der Waals surface area contributed by atoms with Gasteiger partial charge >= 0.3 is 0 Å². The molecule has 4 heteroatoms. The molecule has 1 saturated heterocycles. The fourth-order valence-corrected chi connectivity index (χ4v) is 3.14. The van der Waals surface area contributed by atoms with Crippen LogP contribution in [0.5, 0.6) is 0 Å². The molecule has 24 heavy (non-hydrogen) atoms. The highest BCUT2D eigenvalue weighted by Crippen LogP contribution is 2.19. The van der Waals surface area contributed by atoms with Gasteiger partial charge in [-0.2, -0.15) is 0 Å². The van der Waals surface area contributed by atoms with Gasteiger partial charge in [-0.1, -0.05) is 30.7 Å². The van der Waals surface area contributed by atoms with Crippen LogP contribution in [0.25, 0.3) is 0 Å². The van der Waals surface area contributed by atoms with E-state index in [1.807, 2.05) is 0 Å². The molecule has 0 radical (unpaired) electrons. The van der Waals surface area contributed by atoms with Crippen molar-refractivity contribution >= 4 is 5.96 Å². The van der Waals surface area contributed by atoms with Crippen molar-refractivity contribution in [2.75, 3.05) is 13.1 Å². The molecule has 1 fully saturated rings. The monoisotopic (exact) mass is 330 g/mol. The third-order valence-electron chi connectivity index (χ3n) is 4.54. The lowest BCUT2D eigenvalue weighted by Crippen LogP contribution is -2.41. The average Bonchev–Trinajstić information content (AvgIpc) is 2.56. The zero-order chi connectivity index (χ0) is 17.4. The number of hydrogen-bond acceptors (Lipinski definition) is 2. The zero-order valence-corrected chi connectivity index (χ0v) is 15.8. The third kappa shape index (κ3) is 6.16. The van der Waals surface area contributed by atoms with E-state index in [2.05, 4.69) is 72.5 Å². The van der Waals surface area contributed by atoms with Crippen molar-refractivity contribution in [1.82, 2.24) is 15.5 Å². The highest BCUT2D eigenvalue weighted by molar-refractivity contribution is 5.79. The molecule has 0 bridgehead atoms. The summed E-state index contributed by atoms with van der Waals surface area (Å²) in [5.41, 5.74) is 2.66. The second kappa shape index (κ2) is 9.67. The number of nitrogens with one attached hydrogen (secondary N) is 2. The van der Waals surface area contributed by atoms with Gasteiger partial charge in [0.05, 0.1) is 6.54 Å². The summed E-state index contributed by atoms with van der Waals surface area (Å²) in [5.74, 6) is 0.888. The van der Waals surface area contributed by atoms with E-state index in [4.69, 9.17) is 0 Å². The smallest absolute Gasteiger partial charge is 0.191 e. The van der Waals surface area contributed by atoms with E-state index in [9.17, 15) is 0 Å². The lowest BCUT2D eigenvalue weighted by atomic mass is 10.0. The Bertz CT molecular complexity index is 507. The Morgan fingerprint density at radius 1 is 1.21 bits per heavy atom. The molecule has 0 spiro atoms. The molecule has 1 aliphatic heterocycles. The maximum atomic E-state index is 4.67. The largest absolute Gasteiger partial charge is 0.357 e. The number of guanidine groups is 1. The lowest BCUT2D eigenvalue weighted by Gasteiger charge is -2.33. The maximum absolute atomic E-state index is 4.67. The molecule has 0 aromatic heterocycles. The molecule has 1 atom stereocenters. The minimum absolute atomic E-state index is 0.386. The number of hydrogen-bond donors (Lipinski definition) is 2. The van der Waals surface area contributed by atoms with E-state index in [0.29, 0.717) is 18.6 Å². The summed E-state index contributed by atoms with van der Waals surface area (Å²) in [6.07, 6.45) is 4.06. The summed E-state index contributed by atoms with van der Waals surface area (Å²) in [4.78, 5) is 7.27. The molecule has 134 valence electrons. The molecule has 0 saturated carbocycles. The highest BCUT2D eigenvalue weighted by Gasteiger charge is 2.17. The van der Waals surface area contributed by atoms with Crippen molar-refractivity contribution in [3.63, 3.8) is 0 Å². The Kier molecular flexibility index (Phi) is 7.57. The molecule has 2 N–H and O–H groups in total. The first-order valence-corrected chi connectivity index (χ1v) is 9.45. The van der Waals surface area contributed by atoms with Crippen LogP contribution in [0.1, 0.15) is 58.1 Å². The Morgan fingerprint density at radius 2 is 1.92 bits per heavy atom. The quantitative estimate of drug-likeness (QED) is 0.619. The lowest BCUT2D eigenvalue weighted by molar-refractivity contribution is 0.152. The summed E-state index contributed by atoms with van der Waals surface area (Å²) in [6, 6.07) is 10.0. The number of piperidine rings is 1. The summed E-state index contributed by atoms with van der Waals surface area (Å²) >= 11 is 0. The van der Waals surface area contributed by atoms with Crippen LogP contribution in [0.15, 0.2) is 29.3 Å². The van der Waals surface area contributed by atoms with Crippen molar-refractivity contribution in [2.45, 2.75) is 72.1 Å². The molecular formula is C20H34N4. The van der Waals surface area contributed by atoms with E-state index in [1.165, 1.54) is 36.9 Å². The van der Waals surface area contributed by atoms with Gasteiger partial charge in [-0.05, 0) is 58.2 Å². The summed E-state index contributed by atoms with van der Waals surface area (Å²) in [7, 11) is 0. The van der Waals surface area contributed by atoms with Crippen LogP contribution in [0.3, 0.4) is 0 Å². The van der Waals surface area contributed by atoms with Gasteiger partial charge in [-0.15, -0.1) is 0 Å². The van der Waals surface area contributed by atoms with Crippen LogP contribution in [0.4, 0.5) is 0 Å². The van der Waals surface area contributed by atoms with Crippen LogP contribution in [0.2, 0.25) is 0 Å². The summed E-state index contributed by atoms with van der Waals surface area (Å²) in [5, 5.41) is 6.64. The van der Waals surface area contributed by atoms with Gasteiger partial charge in [0.15, 0.2) is 5.96 Å². The first kappa shape index (κ1) is 18.8. The Labute approximate surface area is 147 Å². The topological polar surface area (TPSA) is 39.7 Å².